The second kappa shape index (κ2) is 6.51. The Labute approximate surface area is 119 Å². The first-order valence-corrected chi connectivity index (χ1v) is 7.38. The largest absolute Gasteiger partial charge is 0.376 e. The summed E-state index contributed by atoms with van der Waals surface area (Å²) < 4.78 is 11.0. The predicted octanol–water partition coefficient (Wildman–Crippen LogP) is 0.328. The molecule has 0 amide bonds. The lowest BCUT2D eigenvalue weighted by Gasteiger charge is -2.31. The Hall–Kier alpha value is -1.18. The molecule has 3 rings (SSSR count). The normalized spacial score (nSPS) is 25.1. The molecule has 20 heavy (non-hydrogen) atoms. The number of piperidine rings is 1. The molecule has 1 aromatic heterocycles. The monoisotopic (exact) mass is 281 g/mol. The summed E-state index contributed by atoms with van der Waals surface area (Å²) in [6, 6.07) is 0. The van der Waals surface area contributed by atoms with Gasteiger partial charge in [-0.3, -0.25) is 5.10 Å². The van der Waals surface area contributed by atoms with Crippen LogP contribution in [-0.2, 0) is 9.47 Å². The van der Waals surface area contributed by atoms with E-state index in [2.05, 4.69) is 25.4 Å². The second-order valence-electron chi connectivity index (χ2n) is 5.44. The molecule has 2 N–H and O–H groups in total. The number of hydrogen-bond acceptors (Lipinski definition) is 6. The molecule has 3 heterocycles. The lowest BCUT2D eigenvalue weighted by atomic mass is 9.97. The van der Waals surface area contributed by atoms with Crippen molar-refractivity contribution in [2.24, 2.45) is 5.92 Å². The van der Waals surface area contributed by atoms with Gasteiger partial charge in [0.15, 0.2) is 5.82 Å². The van der Waals surface area contributed by atoms with Gasteiger partial charge in [0.2, 0.25) is 5.95 Å². The maximum absolute atomic E-state index is 5.63. The van der Waals surface area contributed by atoms with Crippen LogP contribution in [-0.4, -0.2) is 61.7 Å². The molecular weight excluding hydrogens is 258 g/mol. The van der Waals surface area contributed by atoms with E-state index in [1.807, 2.05) is 7.05 Å². The Morgan fingerprint density at radius 3 is 2.90 bits per heavy atom. The minimum absolute atomic E-state index is 0.105. The molecule has 0 aromatic carbocycles. The van der Waals surface area contributed by atoms with Crippen molar-refractivity contribution in [3.05, 3.63) is 5.82 Å². The van der Waals surface area contributed by atoms with Crippen LogP contribution in [0.15, 0.2) is 0 Å². The Morgan fingerprint density at radius 2 is 2.20 bits per heavy atom. The van der Waals surface area contributed by atoms with Gasteiger partial charge in [-0.15, -0.1) is 5.10 Å². The van der Waals surface area contributed by atoms with E-state index in [-0.39, 0.29) is 6.10 Å². The fourth-order valence-corrected chi connectivity index (χ4v) is 2.82. The van der Waals surface area contributed by atoms with Crippen LogP contribution in [0.2, 0.25) is 0 Å². The van der Waals surface area contributed by atoms with Gasteiger partial charge >= 0.3 is 0 Å². The summed E-state index contributed by atoms with van der Waals surface area (Å²) in [5.74, 6) is 2.33. The lowest BCUT2D eigenvalue weighted by molar-refractivity contribution is -0.0933. The smallest absolute Gasteiger partial charge is 0.244 e. The standard InChI is InChI=1S/C13H23N5O2/c1-14-8-10-2-4-18(5-3-10)13-15-12(16-17-13)11-9-19-6-7-20-11/h10-11,14H,2-9H2,1H3,(H,15,16,17). The Kier molecular flexibility index (Phi) is 4.49. The highest BCUT2D eigenvalue weighted by atomic mass is 16.6. The second-order valence-corrected chi connectivity index (χ2v) is 5.44. The molecule has 2 fully saturated rings. The van der Waals surface area contributed by atoms with Crippen molar-refractivity contribution in [2.75, 3.05) is 51.4 Å². The highest BCUT2D eigenvalue weighted by Gasteiger charge is 2.24. The third-order valence-electron chi connectivity index (χ3n) is 4.00. The van der Waals surface area contributed by atoms with Crippen LogP contribution >= 0.6 is 0 Å². The van der Waals surface area contributed by atoms with E-state index in [4.69, 9.17) is 9.47 Å². The van der Waals surface area contributed by atoms with Crippen molar-refractivity contribution < 1.29 is 9.47 Å². The summed E-state index contributed by atoms with van der Waals surface area (Å²) in [7, 11) is 2.01. The number of hydrogen-bond donors (Lipinski definition) is 2. The first-order chi connectivity index (χ1) is 9.86. The van der Waals surface area contributed by atoms with Crippen molar-refractivity contribution in [3.63, 3.8) is 0 Å². The van der Waals surface area contributed by atoms with E-state index in [0.717, 1.165) is 37.3 Å². The number of nitrogens with one attached hydrogen (secondary N) is 2. The Morgan fingerprint density at radius 1 is 1.35 bits per heavy atom. The van der Waals surface area contributed by atoms with Gasteiger partial charge in [-0.25, -0.2) is 0 Å². The van der Waals surface area contributed by atoms with Gasteiger partial charge in [0.05, 0.1) is 19.8 Å². The molecule has 0 bridgehead atoms. The van der Waals surface area contributed by atoms with Gasteiger partial charge in [-0.05, 0) is 32.4 Å². The quantitative estimate of drug-likeness (QED) is 0.828. The van der Waals surface area contributed by atoms with E-state index in [1.54, 1.807) is 0 Å². The average molecular weight is 281 g/mol. The predicted molar refractivity (Wildman–Crippen MR) is 74.8 cm³/mol. The zero-order chi connectivity index (χ0) is 13.8. The van der Waals surface area contributed by atoms with Crippen LogP contribution in [0.25, 0.3) is 0 Å². The summed E-state index contributed by atoms with van der Waals surface area (Å²) in [4.78, 5) is 6.81. The highest BCUT2D eigenvalue weighted by molar-refractivity contribution is 5.29. The summed E-state index contributed by atoms with van der Waals surface area (Å²) >= 11 is 0. The number of H-pyrrole nitrogens is 1. The molecule has 112 valence electrons. The van der Waals surface area contributed by atoms with Crippen LogP contribution in [0.5, 0.6) is 0 Å². The van der Waals surface area contributed by atoms with E-state index in [9.17, 15) is 0 Å². The molecule has 2 aliphatic rings. The molecule has 2 saturated heterocycles. The van der Waals surface area contributed by atoms with Crippen molar-refractivity contribution in [3.8, 4) is 0 Å². The maximum atomic E-state index is 5.63. The van der Waals surface area contributed by atoms with Crippen molar-refractivity contribution >= 4 is 5.95 Å². The summed E-state index contributed by atoms with van der Waals surface area (Å²) in [6.07, 6.45) is 2.27. The molecule has 7 heteroatoms. The molecule has 0 radical (unpaired) electrons. The number of rotatable bonds is 4. The first-order valence-electron chi connectivity index (χ1n) is 7.38. The van der Waals surface area contributed by atoms with E-state index in [0.29, 0.717) is 19.8 Å². The molecule has 1 aromatic rings. The fourth-order valence-electron chi connectivity index (χ4n) is 2.82. The van der Waals surface area contributed by atoms with Gasteiger partial charge in [0.25, 0.3) is 0 Å². The third-order valence-corrected chi connectivity index (χ3v) is 4.00. The molecule has 1 atom stereocenters. The molecule has 0 aliphatic carbocycles. The van der Waals surface area contributed by atoms with Crippen LogP contribution in [0.3, 0.4) is 0 Å². The number of anilines is 1. The fraction of sp³-hybridized carbons (Fsp3) is 0.846. The van der Waals surface area contributed by atoms with E-state index < -0.39 is 0 Å². The van der Waals surface area contributed by atoms with Crippen molar-refractivity contribution in [2.45, 2.75) is 18.9 Å². The summed E-state index contributed by atoms with van der Waals surface area (Å²) in [5, 5.41) is 10.6. The van der Waals surface area contributed by atoms with Gasteiger partial charge in [0.1, 0.15) is 6.10 Å². The van der Waals surface area contributed by atoms with Crippen LogP contribution in [0, 0.1) is 5.92 Å². The Balaban J connectivity index is 1.57. The van der Waals surface area contributed by atoms with Crippen LogP contribution in [0.4, 0.5) is 5.95 Å². The molecule has 0 saturated carbocycles. The van der Waals surface area contributed by atoms with Gasteiger partial charge in [-0.1, -0.05) is 0 Å². The minimum Gasteiger partial charge on any atom is -0.376 e. The zero-order valence-corrected chi connectivity index (χ0v) is 12.0. The number of nitrogens with zero attached hydrogens (tertiary/aromatic N) is 3. The van der Waals surface area contributed by atoms with Crippen LogP contribution in [0.1, 0.15) is 24.8 Å². The molecule has 7 nitrogen and oxygen atoms in total. The Bertz CT molecular complexity index is 411. The lowest BCUT2D eigenvalue weighted by Crippen LogP contribution is -2.37. The summed E-state index contributed by atoms with van der Waals surface area (Å²) in [5.41, 5.74) is 0. The van der Waals surface area contributed by atoms with E-state index in [1.165, 1.54) is 12.8 Å². The average Bonchev–Trinajstić information content (AvgIpc) is 2.99. The number of aromatic amines is 1. The molecule has 0 spiro atoms. The molecular formula is C13H23N5O2. The summed E-state index contributed by atoms with van der Waals surface area (Å²) in [6.45, 7) is 4.98. The number of aromatic nitrogens is 3. The van der Waals surface area contributed by atoms with Gasteiger partial charge in [-0.2, -0.15) is 4.98 Å². The van der Waals surface area contributed by atoms with E-state index >= 15 is 0 Å². The molecule has 1 unspecified atom stereocenters. The van der Waals surface area contributed by atoms with Crippen molar-refractivity contribution in [1.29, 1.82) is 0 Å². The minimum atomic E-state index is -0.105. The van der Waals surface area contributed by atoms with Gasteiger partial charge < -0.3 is 19.7 Å². The SMILES string of the molecule is CNCC1CCN(c2n[nH]c(C3COCCO3)n2)CC1. The first kappa shape index (κ1) is 13.8. The zero-order valence-electron chi connectivity index (χ0n) is 12.0. The van der Waals surface area contributed by atoms with Gasteiger partial charge in [0, 0.05) is 13.1 Å². The topological polar surface area (TPSA) is 75.3 Å². The molecule has 2 aliphatic heterocycles. The number of ether oxygens (including phenoxy) is 2. The van der Waals surface area contributed by atoms with Crippen molar-refractivity contribution in [1.82, 2.24) is 20.5 Å². The maximum Gasteiger partial charge on any atom is 0.244 e. The van der Waals surface area contributed by atoms with Crippen LogP contribution < -0.4 is 10.2 Å². The highest BCUT2D eigenvalue weighted by Crippen LogP contribution is 2.23. The third kappa shape index (κ3) is 3.11.